The van der Waals surface area contributed by atoms with Crippen molar-refractivity contribution in [3.63, 3.8) is 0 Å². The molecule has 0 aliphatic carbocycles. The Hall–Kier alpha value is -1.25. The van der Waals surface area contributed by atoms with Gasteiger partial charge in [-0.3, -0.25) is 0 Å². The van der Waals surface area contributed by atoms with Gasteiger partial charge in [0.2, 0.25) is 0 Å². The van der Waals surface area contributed by atoms with Gasteiger partial charge in [-0.1, -0.05) is 35.9 Å². The SMILES string of the molecule is Cc1cccc(CSc2ccc(CO)c(C)c2)c1. The Morgan fingerprint density at radius 3 is 2.56 bits per heavy atom. The summed E-state index contributed by atoms with van der Waals surface area (Å²) in [4.78, 5) is 1.26. The molecule has 0 aromatic heterocycles. The van der Waals surface area contributed by atoms with Crippen LogP contribution >= 0.6 is 11.8 Å². The van der Waals surface area contributed by atoms with Crippen molar-refractivity contribution in [3.8, 4) is 0 Å². The predicted molar refractivity (Wildman–Crippen MR) is 77.8 cm³/mol. The minimum Gasteiger partial charge on any atom is -0.392 e. The topological polar surface area (TPSA) is 20.2 Å². The fourth-order valence-corrected chi connectivity index (χ4v) is 2.84. The third kappa shape index (κ3) is 3.37. The second kappa shape index (κ2) is 6.07. The zero-order chi connectivity index (χ0) is 13.0. The van der Waals surface area contributed by atoms with E-state index in [-0.39, 0.29) is 6.61 Å². The van der Waals surface area contributed by atoms with Crippen LogP contribution < -0.4 is 0 Å². The van der Waals surface area contributed by atoms with Crippen molar-refractivity contribution in [1.29, 1.82) is 0 Å². The molecule has 0 aliphatic rings. The lowest BCUT2D eigenvalue weighted by Crippen LogP contribution is -1.89. The van der Waals surface area contributed by atoms with Crippen LogP contribution in [-0.2, 0) is 12.4 Å². The standard InChI is InChI=1S/C16H18OS/c1-12-4-3-5-14(8-12)11-18-16-7-6-15(10-17)13(2)9-16/h3-9,17H,10-11H2,1-2H3. The van der Waals surface area contributed by atoms with Crippen molar-refractivity contribution in [1.82, 2.24) is 0 Å². The molecule has 0 heterocycles. The Labute approximate surface area is 113 Å². The molecule has 18 heavy (non-hydrogen) atoms. The van der Waals surface area contributed by atoms with E-state index >= 15 is 0 Å². The molecule has 0 saturated heterocycles. The molecule has 0 bridgehead atoms. The molecule has 0 radical (unpaired) electrons. The lowest BCUT2D eigenvalue weighted by atomic mass is 10.1. The van der Waals surface area contributed by atoms with E-state index in [1.54, 1.807) is 0 Å². The zero-order valence-electron chi connectivity index (χ0n) is 10.8. The minimum atomic E-state index is 0.120. The Kier molecular flexibility index (Phi) is 4.45. The Morgan fingerprint density at radius 1 is 1.06 bits per heavy atom. The quantitative estimate of drug-likeness (QED) is 0.834. The third-order valence-electron chi connectivity index (χ3n) is 2.97. The summed E-state index contributed by atoms with van der Waals surface area (Å²) in [6, 6.07) is 14.8. The number of hydrogen-bond acceptors (Lipinski definition) is 2. The molecule has 0 fully saturated rings. The fourth-order valence-electron chi connectivity index (χ4n) is 1.90. The van der Waals surface area contributed by atoms with E-state index < -0.39 is 0 Å². The molecule has 0 amide bonds. The molecule has 1 N–H and O–H groups in total. The maximum Gasteiger partial charge on any atom is 0.0684 e. The van der Waals surface area contributed by atoms with Crippen molar-refractivity contribution in [2.24, 2.45) is 0 Å². The van der Waals surface area contributed by atoms with Crippen LogP contribution in [0, 0.1) is 13.8 Å². The van der Waals surface area contributed by atoms with E-state index in [2.05, 4.69) is 43.3 Å². The monoisotopic (exact) mass is 258 g/mol. The normalized spacial score (nSPS) is 10.6. The highest BCUT2D eigenvalue weighted by Gasteiger charge is 2.01. The molecular weight excluding hydrogens is 240 g/mol. The summed E-state index contributed by atoms with van der Waals surface area (Å²) >= 11 is 1.83. The first-order chi connectivity index (χ1) is 8.69. The molecule has 0 atom stereocenters. The number of hydrogen-bond donors (Lipinski definition) is 1. The summed E-state index contributed by atoms with van der Waals surface area (Å²) < 4.78 is 0. The molecule has 0 aliphatic heterocycles. The first-order valence-electron chi connectivity index (χ1n) is 6.08. The molecular formula is C16H18OS. The average Bonchev–Trinajstić information content (AvgIpc) is 2.37. The summed E-state index contributed by atoms with van der Waals surface area (Å²) in [7, 11) is 0. The van der Waals surface area contributed by atoms with Gasteiger partial charge in [-0.2, -0.15) is 0 Å². The van der Waals surface area contributed by atoms with Gasteiger partial charge in [-0.15, -0.1) is 11.8 Å². The highest BCUT2D eigenvalue weighted by atomic mass is 32.2. The summed E-state index contributed by atoms with van der Waals surface area (Å²) in [5, 5.41) is 9.14. The number of aliphatic hydroxyl groups excluding tert-OH is 1. The van der Waals surface area contributed by atoms with Gasteiger partial charge in [-0.25, -0.2) is 0 Å². The van der Waals surface area contributed by atoms with Gasteiger partial charge in [0.25, 0.3) is 0 Å². The van der Waals surface area contributed by atoms with Gasteiger partial charge in [0.15, 0.2) is 0 Å². The van der Waals surface area contributed by atoms with Crippen LogP contribution in [0.2, 0.25) is 0 Å². The first kappa shape index (κ1) is 13.2. The molecule has 0 unspecified atom stereocenters. The second-order valence-corrected chi connectivity index (χ2v) is 5.57. The minimum absolute atomic E-state index is 0.120. The number of thioether (sulfide) groups is 1. The summed E-state index contributed by atoms with van der Waals surface area (Å²) in [6.45, 7) is 4.28. The van der Waals surface area contributed by atoms with Gasteiger partial charge >= 0.3 is 0 Å². The highest BCUT2D eigenvalue weighted by molar-refractivity contribution is 7.98. The molecule has 94 valence electrons. The summed E-state index contributed by atoms with van der Waals surface area (Å²) in [6.07, 6.45) is 0. The molecule has 1 nitrogen and oxygen atoms in total. The van der Waals surface area contributed by atoms with E-state index in [0.717, 1.165) is 16.9 Å². The molecule has 2 rings (SSSR count). The molecule has 0 saturated carbocycles. The summed E-state index contributed by atoms with van der Waals surface area (Å²) in [5.74, 6) is 0.986. The van der Waals surface area contributed by atoms with Crippen molar-refractivity contribution >= 4 is 11.8 Å². The molecule has 2 aromatic rings. The molecule has 2 aromatic carbocycles. The van der Waals surface area contributed by atoms with Gasteiger partial charge < -0.3 is 5.11 Å². The number of rotatable bonds is 4. The van der Waals surface area contributed by atoms with Crippen LogP contribution in [0.25, 0.3) is 0 Å². The first-order valence-corrected chi connectivity index (χ1v) is 7.06. The largest absolute Gasteiger partial charge is 0.392 e. The van der Waals surface area contributed by atoms with Gasteiger partial charge in [0, 0.05) is 10.6 Å². The van der Waals surface area contributed by atoms with Gasteiger partial charge in [-0.05, 0) is 42.7 Å². The third-order valence-corrected chi connectivity index (χ3v) is 4.04. The van der Waals surface area contributed by atoms with Crippen LogP contribution in [0.1, 0.15) is 22.3 Å². The van der Waals surface area contributed by atoms with Gasteiger partial charge in [0.05, 0.1) is 6.61 Å². The van der Waals surface area contributed by atoms with E-state index in [0.29, 0.717) is 0 Å². The van der Waals surface area contributed by atoms with Crippen LogP contribution in [0.5, 0.6) is 0 Å². The zero-order valence-corrected chi connectivity index (χ0v) is 11.6. The van der Waals surface area contributed by atoms with Crippen molar-refractivity contribution in [3.05, 3.63) is 64.7 Å². The smallest absolute Gasteiger partial charge is 0.0684 e. The van der Waals surface area contributed by atoms with Crippen LogP contribution in [0.15, 0.2) is 47.4 Å². The lowest BCUT2D eigenvalue weighted by molar-refractivity contribution is 0.281. The highest BCUT2D eigenvalue weighted by Crippen LogP contribution is 2.25. The van der Waals surface area contributed by atoms with Crippen LogP contribution in [0.4, 0.5) is 0 Å². The van der Waals surface area contributed by atoms with Crippen molar-refractivity contribution in [2.45, 2.75) is 31.1 Å². The second-order valence-electron chi connectivity index (χ2n) is 4.52. The number of benzene rings is 2. The Bertz CT molecular complexity index is 534. The number of aryl methyl sites for hydroxylation is 2. The average molecular weight is 258 g/mol. The molecule has 0 spiro atoms. The Balaban J connectivity index is 2.04. The van der Waals surface area contributed by atoms with Crippen LogP contribution in [-0.4, -0.2) is 5.11 Å². The number of aliphatic hydroxyl groups is 1. The van der Waals surface area contributed by atoms with Crippen molar-refractivity contribution < 1.29 is 5.11 Å². The maximum absolute atomic E-state index is 9.14. The predicted octanol–water partition coefficient (Wildman–Crippen LogP) is 4.09. The fraction of sp³-hybridized carbons (Fsp3) is 0.250. The lowest BCUT2D eigenvalue weighted by Gasteiger charge is -2.07. The molecule has 2 heteroatoms. The van der Waals surface area contributed by atoms with E-state index in [9.17, 15) is 0 Å². The van der Waals surface area contributed by atoms with Crippen molar-refractivity contribution in [2.75, 3.05) is 0 Å². The maximum atomic E-state index is 9.14. The summed E-state index contributed by atoms with van der Waals surface area (Å²) in [5.41, 5.74) is 4.82. The van der Waals surface area contributed by atoms with E-state index in [1.165, 1.54) is 16.0 Å². The van der Waals surface area contributed by atoms with Crippen LogP contribution in [0.3, 0.4) is 0 Å². The van der Waals surface area contributed by atoms with E-state index in [4.69, 9.17) is 5.11 Å². The van der Waals surface area contributed by atoms with E-state index in [1.807, 2.05) is 24.8 Å². The van der Waals surface area contributed by atoms with Gasteiger partial charge in [0.1, 0.15) is 0 Å². The Morgan fingerprint density at radius 2 is 1.89 bits per heavy atom.